The first kappa shape index (κ1) is 15.6. The maximum absolute atomic E-state index is 12.2. The van der Waals surface area contributed by atoms with E-state index >= 15 is 0 Å². The zero-order valence-electron chi connectivity index (χ0n) is 12.6. The van der Waals surface area contributed by atoms with Gasteiger partial charge in [0.05, 0.1) is 0 Å². The lowest BCUT2D eigenvalue weighted by Gasteiger charge is -2.10. The zero-order valence-corrected chi connectivity index (χ0v) is 13.4. The number of benzene rings is 1. The predicted molar refractivity (Wildman–Crippen MR) is 85.7 cm³/mol. The highest BCUT2D eigenvalue weighted by atomic mass is 32.1. The van der Waals surface area contributed by atoms with Crippen molar-refractivity contribution in [2.75, 3.05) is 19.4 Å². The summed E-state index contributed by atoms with van der Waals surface area (Å²) in [5.41, 5.74) is 1.75. The van der Waals surface area contributed by atoms with Gasteiger partial charge in [-0.2, -0.15) is 0 Å². The summed E-state index contributed by atoms with van der Waals surface area (Å²) >= 11 is 1.43. The Balaban J connectivity index is 2.05. The maximum Gasteiger partial charge on any atom is 0.257 e. The number of aryl methyl sites for hydroxylation is 1. The topological polar surface area (TPSA) is 58.1 Å². The van der Waals surface area contributed by atoms with Crippen molar-refractivity contribution in [3.8, 4) is 0 Å². The molecule has 5 nitrogen and oxygen atoms in total. The van der Waals surface area contributed by atoms with Crippen LogP contribution in [-0.2, 0) is 13.0 Å². The number of hydrogen-bond acceptors (Lipinski definition) is 5. The van der Waals surface area contributed by atoms with Crippen LogP contribution in [0, 0.1) is 0 Å². The SMILES string of the molecule is CCCc1nnc(NC(=O)c2cccc(CN(C)C)c2)s1. The monoisotopic (exact) mass is 304 g/mol. The highest BCUT2D eigenvalue weighted by Gasteiger charge is 2.10. The van der Waals surface area contributed by atoms with Crippen molar-refractivity contribution in [2.45, 2.75) is 26.3 Å². The fourth-order valence-electron chi connectivity index (χ4n) is 1.96. The van der Waals surface area contributed by atoms with Gasteiger partial charge in [0.1, 0.15) is 5.01 Å². The number of amides is 1. The fourth-order valence-corrected chi connectivity index (χ4v) is 2.80. The van der Waals surface area contributed by atoms with Gasteiger partial charge in [-0.1, -0.05) is 30.4 Å². The second kappa shape index (κ2) is 7.28. The molecule has 0 bridgehead atoms. The summed E-state index contributed by atoms with van der Waals surface area (Å²) in [4.78, 5) is 14.3. The Morgan fingerprint density at radius 3 is 2.86 bits per heavy atom. The summed E-state index contributed by atoms with van der Waals surface area (Å²) in [7, 11) is 4.01. The van der Waals surface area contributed by atoms with Gasteiger partial charge in [-0.15, -0.1) is 10.2 Å². The van der Waals surface area contributed by atoms with Gasteiger partial charge < -0.3 is 4.90 Å². The van der Waals surface area contributed by atoms with E-state index in [1.165, 1.54) is 11.3 Å². The van der Waals surface area contributed by atoms with E-state index in [0.29, 0.717) is 10.7 Å². The van der Waals surface area contributed by atoms with Crippen LogP contribution in [0.25, 0.3) is 0 Å². The largest absolute Gasteiger partial charge is 0.305 e. The number of anilines is 1. The summed E-state index contributed by atoms with van der Waals surface area (Å²) in [5, 5.41) is 12.4. The van der Waals surface area contributed by atoms with Gasteiger partial charge in [0, 0.05) is 18.5 Å². The molecule has 1 aromatic carbocycles. The second-order valence-corrected chi connectivity index (χ2v) is 6.21. The van der Waals surface area contributed by atoms with Crippen LogP contribution in [0.5, 0.6) is 0 Å². The number of hydrogen-bond donors (Lipinski definition) is 1. The minimum absolute atomic E-state index is 0.144. The predicted octanol–water partition coefficient (Wildman–Crippen LogP) is 2.80. The molecule has 2 rings (SSSR count). The average molecular weight is 304 g/mol. The summed E-state index contributed by atoms with van der Waals surface area (Å²) in [6.45, 7) is 2.90. The van der Waals surface area contributed by atoms with Crippen LogP contribution in [0.1, 0.15) is 34.3 Å². The minimum Gasteiger partial charge on any atom is -0.305 e. The molecule has 0 fully saturated rings. The first-order chi connectivity index (χ1) is 10.1. The molecular formula is C15H20N4OS. The Hall–Kier alpha value is -1.79. The molecule has 112 valence electrons. The maximum atomic E-state index is 12.2. The Morgan fingerprint density at radius 1 is 1.33 bits per heavy atom. The van der Waals surface area contributed by atoms with Crippen LogP contribution in [0.15, 0.2) is 24.3 Å². The van der Waals surface area contributed by atoms with Crippen LogP contribution in [0.4, 0.5) is 5.13 Å². The number of carbonyl (C=O) groups excluding carboxylic acids is 1. The van der Waals surface area contributed by atoms with Gasteiger partial charge >= 0.3 is 0 Å². The lowest BCUT2D eigenvalue weighted by molar-refractivity contribution is 0.102. The first-order valence-electron chi connectivity index (χ1n) is 6.96. The molecule has 0 atom stereocenters. The van der Waals surface area contributed by atoms with E-state index in [1.54, 1.807) is 0 Å². The highest BCUT2D eigenvalue weighted by Crippen LogP contribution is 2.17. The van der Waals surface area contributed by atoms with E-state index in [-0.39, 0.29) is 5.91 Å². The van der Waals surface area contributed by atoms with Crippen molar-refractivity contribution >= 4 is 22.4 Å². The van der Waals surface area contributed by atoms with Crippen molar-refractivity contribution in [1.82, 2.24) is 15.1 Å². The minimum atomic E-state index is -0.144. The third-order valence-corrected chi connectivity index (χ3v) is 3.74. The third-order valence-electron chi connectivity index (χ3n) is 2.84. The number of carbonyl (C=O) groups is 1. The van der Waals surface area contributed by atoms with E-state index in [9.17, 15) is 4.79 Å². The quantitative estimate of drug-likeness (QED) is 0.891. The van der Waals surface area contributed by atoms with Gasteiger partial charge in [-0.05, 0) is 38.2 Å². The molecule has 6 heteroatoms. The van der Waals surface area contributed by atoms with Crippen LogP contribution in [-0.4, -0.2) is 35.1 Å². The van der Waals surface area contributed by atoms with Crippen LogP contribution < -0.4 is 5.32 Å². The lowest BCUT2D eigenvalue weighted by atomic mass is 10.1. The Kier molecular flexibility index (Phi) is 5.41. The van der Waals surface area contributed by atoms with Gasteiger partial charge in [0.25, 0.3) is 5.91 Å². The lowest BCUT2D eigenvalue weighted by Crippen LogP contribution is -2.14. The van der Waals surface area contributed by atoms with Crippen molar-refractivity contribution < 1.29 is 4.79 Å². The molecular weight excluding hydrogens is 284 g/mol. The van der Waals surface area contributed by atoms with Crippen LogP contribution >= 0.6 is 11.3 Å². The van der Waals surface area contributed by atoms with Crippen molar-refractivity contribution in [3.05, 3.63) is 40.4 Å². The smallest absolute Gasteiger partial charge is 0.257 e. The Labute approximate surface area is 129 Å². The summed E-state index contributed by atoms with van der Waals surface area (Å²) in [6, 6.07) is 7.63. The van der Waals surface area contributed by atoms with E-state index in [1.807, 2.05) is 38.4 Å². The van der Waals surface area contributed by atoms with Crippen LogP contribution in [0.2, 0.25) is 0 Å². The highest BCUT2D eigenvalue weighted by molar-refractivity contribution is 7.15. The Morgan fingerprint density at radius 2 is 2.14 bits per heavy atom. The molecule has 1 aromatic heterocycles. The molecule has 0 radical (unpaired) electrons. The van der Waals surface area contributed by atoms with Crippen molar-refractivity contribution in [3.63, 3.8) is 0 Å². The van der Waals surface area contributed by atoms with Gasteiger partial charge in [-0.25, -0.2) is 0 Å². The zero-order chi connectivity index (χ0) is 15.2. The standard InChI is InChI=1S/C15H20N4OS/c1-4-6-13-17-18-15(21-13)16-14(20)12-8-5-7-11(9-12)10-19(2)3/h5,7-9H,4,6,10H2,1-3H3,(H,16,18,20). The normalized spacial score (nSPS) is 10.9. The summed E-state index contributed by atoms with van der Waals surface area (Å²) in [6.07, 6.45) is 1.92. The van der Waals surface area contributed by atoms with Gasteiger partial charge in [0.2, 0.25) is 5.13 Å². The molecule has 0 unspecified atom stereocenters. The molecule has 0 saturated carbocycles. The number of nitrogens with one attached hydrogen (secondary N) is 1. The molecule has 21 heavy (non-hydrogen) atoms. The molecule has 2 aromatic rings. The molecule has 1 N–H and O–H groups in total. The van der Waals surface area contributed by atoms with Gasteiger partial charge in [0.15, 0.2) is 0 Å². The van der Waals surface area contributed by atoms with E-state index in [4.69, 9.17) is 0 Å². The summed E-state index contributed by atoms with van der Waals surface area (Å²) < 4.78 is 0. The van der Waals surface area contributed by atoms with Crippen molar-refractivity contribution in [2.24, 2.45) is 0 Å². The Bertz CT molecular complexity index is 609. The molecule has 0 aliphatic rings. The molecule has 0 saturated heterocycles. The molecule has 0 aliphatic carbocycles. The van der Waals surface area contributed by atoms with Crippen molar-refractivity contribution in [1.29, 1.82) is 0 Å². The van der Waals surface area contributed by atoms with Gasteiger partial charge in [-0.3, -0.25) is 10.1 Å². The third kappa shape index (κ3) is 4.61. The van der Waals surface area contributed by atoms with E-state index in [0.717, 1.165) is 30.0 Å². The number of aromatic nitrogens is 2. The van der Waals surface area contributed by atoms with Crippen LogP contribution in [0.3, 0.4) is 0 Å². The molecule has 1 heterocycles. The second-order valence-electron chi connectivity index (χ2n) is 5.14. The molecule has 1 amide bonds. The molecule has 0 aliphatic heterocycles. The first-order valence-corrected chi connectivity index (χ1v) is 7.77. The number of rotatable bonds is 6. The molecule has 0 spiro atoms. The summed E-state index contributed by atoms with van der Waals surface area (Å²) in [5.74, 6) is -0.144. The van der Waals surface area contributed by atoms with E-state index in [2.05, 4.69) is 27.3 Å². The fraction of sp³-hybridized carbons (Fsp3) is 0.400. The van der Waals surface area contributed by atoms with E-state index < -0.39 is 0 Å². The number of nitrogens with zero attached hydrogens (tertiary/aromatic N) is 3. The average Bonchev–Trinajstić information content (AvgIpc) is 2.86.